The van der Waals surface area contributed by atoms with Gasteiger partial charge in [-0.05, 0) is 30.7 Å². The molecule has 2 amide bonds. The Morgan fingerprint density at radius 3 is 2.78 bits per heavy atom. The van der Waals surface area contributed by atoms with Crippen molar-refractivity contribution in [1.82, 2.24) is 20.3 Å². The van der Waals surface area contributed by atoms with Crippen LogP contribution in [0.15, 0.2) is 36.7 Å². The lowest BCUT2D eigenvalue weighted by Gasteiger charge is -2.19. The number of anilines is 1. The number of likely N-dealkylation sites (N-methyl/N-ethyl adjacent to an activating group) is 1. The Morgan fingerprint density at radius 1 is 1.25 bits per heavy atom. The van der Waals surface area contributed by atoms with E-state index in [2.05, 4.69) is 20.3 Å². The Morgan fingerprint density at radius 2 is 2.03 bits per heavy atom. The maximum atomic E-state index is 14.4. The van der Waals surface area contributed by atoms with Gasteiger partial charge in [0, 0.05) is 24.9 Å². The number of rotatable bonds is 3. The fraction of sp³-hybridized carbons (Fsp3) is 0.190. The van der Waals surface area contributed by atoms with E-state index >= 15 is 0 Å². The lowest BCUT2D eigenvalue weighted by molar-refractivity contribution is -0.120. The first-order valence-corrected chi connectivity index (χ1v) is 9.78. The van der Waals surface area contributed by atoms with Crippen molar-refractivity contribution in [3.63, 3.8) is 0 Å². The molecule has 0 radical (unpaired) electrons. The van der Waals surface area contributed by atoms with Crippen LogP contribution >= 0.6 is 11.6 Å². The molecule has 1 unspecified atom stereocenters. The molecule has 32 heavy (non-hydrogen) atoms. The van der Waals surface area contributed by atoms with Crippen LogP contribution in [0.5, 0.6) is 5.75 Å². The second-order valence-electron chi connectivity index (χ2n) is 7.06. The summed E-state index contributed by atoms with van der Waals surface area (Å²) in [6.07, 6.45) is 2.22. The number of carbonyl (C=O) groups excluding carboxylic acids is 2. The van der Waals surface area contributed by atoms with Crippen molar-refractivity contribution in [2.24, 2.45) is 0 Å². The zero-order chi connectivity index (χ0) is 23.0. The monoisotopic (exact) mass is 459 g/mol. The van der Waals surface area contributed by atoms with Crippen LogP contribution < -0.4 is 15.0 Å². The Bertz CT molecular complexity index is 1240. The average molecular weight is 460 g/mol. The Kier molecular flexibility index (Phi) is 5.70. The number of fused-ring (bicyclic) bond motifs is 1. The number of hydrogen-bond acceptors (Lipinski definition) is 6. The van der Waals surface area contributed by atoms with Gasteiger partial charge >= 0.3 is 0 Å². The van der Waals surface area contributed by atoms with Crippen LogP contribution in [-0.4, -0.2) is 46.5 Å². The van der Waals surface area contributed by atoms with Crippen molar-refractivity contribution >= 4 is 29.2 Å². The first-order valence-electron chi connectivity index (χ1n) is 9.40. The van der Waals surface area contributed by atoms with Crippen LogP contribution in [0.4, 0.5) is 14.6 Å². The Labute approximate surface area is 186 Å². The molecule has 1 aromatic carbocycles. The fourth-order valence-corrected chi connectivity index (χ4v) is 3.39. The molecule has 0 spiro atoms. The normalized spacial score (nSPS) is 15.6. The predicted molar refractivity (Wildman–Crippen MR) is 112 cm³/mol. The van der Waals surface area contributed by atoms with Gasteiger partial charge in [-0.3, -0.25) is 14.5 Å². The van der Waals surface area contributed by atoms with Gasteiger partial charge in [-0.15, -0.1) is 0 Å². The molecule has 164 valence electrons. The smallest absolute Gasteiger partial charge is 0.289 e. The number of amides is 2. The summed E-state index contributed by atoms with van der Waals surface area (Å²) in [5.41, 5.74) is 0.591. The molecule has 3 aromatic rings. The first kappa shape index (κ1) is 21.6. The summed E-state index contributed by atoms with van der Waals surface area (Å²) in [5.74, 6) is -2.36. The minimum atomic E-state index is -1.08. The number of nitrogens with zero attached hydrogens (tertiary/aromatic N) is 4. The molecular weight excluding hydrogens is 444 g/mol. The van der Waals surface area contributed by atoms with E-state index in [0.717, 1.165) is 6.20 Å². The number of pyridine rings is 1. The number of halogens is 3. The van der Waals surface area contributed by atoms with Crippen LogP contribution in [0.1, 0.15) is 16.2 Å². The zero-order valence-corrected chi connectivity index (χ0v) is 17.7. The number of aromatic nitrogens is 3. The van der Waals surface area contributed by atoms with Crippen molar-refractivity contribution in [3.8, 4) is 17.0 Å². The zero-order valence-electron chi connectivity index (χ0n) is 16.9. The summed E-state index contributed by atoms with van der Waals surface area (Å²) >= 11 is 5.93. The van der Waals surface area contributed by atoms with Gasteiger partial charge in [0.1, 0.15) is 24.2 Å². The molecule has 0 saturated carbocycles. The van der Waals surface area contributed by atoms with E-state index in [1.165, 1.54) is 42.4 Å². The SMILES string of the molecule is Cc1cc(F)ccc1-c1nc(C(=O)NC2COc3cc(Cl)cnc3N(C)C2=O)ncc1F. The molecule has 0 aliphatic carbocycles. The van der Waals surface area contributed by atoms with Crippen LogP contribution in [0, 0.1) is 18.6 Å². The third-order valence-electron chi connectivity index (χ3n) is 4.85. The van der Waals surface area contributed by atoms with Gasteiger partial charge < -0.3 is 10.1 Å². The summed E-state index contributed by atoms with van der Waals surface area (Å²) in [7, 11) is 1.49. The molecule has 1 aliphatic heterocycles. The third kappa shape index (κ3) is 4.09. The highest BCUT2D eigenvalue weighted by molar-refractivity contribution is 6.30. The molecule has 2 aromatic heterocycles. The van der Waals surface area contributed by atoms with Gasteiger partial charge in [0.2, 0.25) is 5.82 Å². The number of nitrogens with one attached hydrogen (secondary N) is 1. The van der Waals surface area contributed by atoms with E-state index in [9.17, 15) is 18.4 Å². The highest BCUT2D eigenvalue weighted by Gasteiger charge is 2.32. The lowest BCUT2D eigenvalue weighted by Crippen LogP contribution is -2.49. The van der Waals surface area contributed by atoms with Crippen molar-refractivity contribution in [2.75, 3.05) is 18.6 Å². The quantitative estimate of drug-likeness (QED) is 0.647. The highest BCUT2D eigenvalue weighted by Crippen LogP contribution is 2.30. The van der Waals surface area contributed by atoms with Gasteiger partial charge in [-0.1, -0.05) is 11.6 Å². The average Bonchev–Trinajstić information content (AvgIpc) is 2.86. The molecule has 1 atom stereocenters. The van der Waals surface area contributed by atoms with E-state index in [0.29, 0.717) is 16.1 Å². The Hall–Kier alpha value is -3.66. The molecule has 1 aliphatic rings. The van der Waals surface area contributed by atoms with Crippen LogP contribution in [0.25, 0.3) is 11.3 Å². The second-order valence-corrected chi connectivity index (χ2v) is 7.50. The van der Waals surface area contributed by atoms with Gasteiger partial charge in [0.25, 0.3) is 11.8 Å². The van der Waals surface area contributed by atoms with Gasteiger partial charge in [0.05, 0.1) is 11.2 Å². The summed E-state index contributed by atoms with van der Waals surface area (Å²) in [6.45, 7) is 1.41. The summed E-state index contributed by atoms with van der Waals surface area (Å²) in [4.78, 5) is 38.6. The summed E-state index contributed by atoms with van der Waals surface area (Å²) in [5, 5.41) is 2.83. The van der Waals surface area contributed by atoms with Crippen molar-refractivity contribution in [3.05, 3.63) is 64.7 Å². The lowest BCUT2D eigenvalue weighted by atomic mass is 10.1. The molecular formula is C21H16ClF2N5O3. The van der Waals surface area contributed by atoms with Gasteiger partial charge in [0.15, 0.2) is 17.4 Å². The van der Waals surface area contributed by atoms with E-state index in [1.54, 1.807) is 6.92 Å². The number of benzene rings is 1. The molecule has 4 rings (SSSR count). The van der Waals surface area contributed by atoms with E-state index in [4.69, 9.17) is 16.3 Å². The molecule has 3 heterocycles. The number of hydrogen-bond donors (Lipinski definition) is 1. The molecule has 1 N–H and O–H groups in total. The minimum absolute atomic E-state index is 0.158. The first-order chi connectivity index (χ1) is 15.2. The van der Waals surface area contributed by atoms with Crippen molar-refractivity contribution < 1.29 is 23.1 Å². The molecule has 11 heteroatoms. The second kappa shape index (κ2) is 8.46. The molecule has 0 saturated heterocycles. The third-order valence-corrected chi connectivity index (χ3v) is 5.05. The predicted octanol–water partition coefficient (Wildman–Crippen LogP) is 2.93. The maximum Gasteiger partial charge on any atom is 0.289 e. The summed E-state index contributed by atoms with van der Waals surface area (Å²) < 4.78 is 33.4. The largest absolute Gasteiger partial charge is 0.487 e. The fourth-order valence-electron chi connectivity index (χ4n) is 3.24. The van der Waals surface area contributed by atoms with Crippen LogP contribution in [0.2, 0.25) is 5.02 Å². The van der Waals surface area contributed by atoms with E-state index in [-0.39, 0.29) is 29.7 Å². The minimum Gasteiger partial charge on any atom is -0.487 e. The van der Waals surface area contributed by atoms with Crippen molar-refractivity contribution in [1.29, 1.82) is 0 Å². The van der Waals surface area contributed by atoms with E-state index < -0.39 is 29.5 Å². The van der Waals surface area contributed by atoms with E-state index in [1.807, 2.05) is 0 Å². The maximum absolute atomic E-state index is 14.4. The topological polar surface area (TPSA) is 97.3 Å². The number of aryl methyl sites for hydroxylation is 1. The highest BCUT2D eigenvalue weighted by atomic mass is 35.5. The number of carbonyl (C=O) groups is 2. The molecule has 8 nitrogen and oxygen atoms in total. The van der Waals surface area contributed by atoms with Gasteiger partial charge in [-0.2, -0.15) is 0 Å². The van der Waals surface area contributed by atoms with Crippen molar-refractivity contribution in [2.45, 2.75) is 13.0 Å². The van der Waals surface area contributed by atoms with Crippen LogP contribution in [0.3, 0.4) is 0 Å². The van der Waals surface area contributed by atoms with Gasteiger partial charge in [-0.25, -0.2) is 23.7 Å². The molecule has 0 fully saturated rings. The standard InChI is InChI=1S/C21H16ClF2N5O3/c1-10-5-12(23)3-4-13(10)17-14(24)8-25-18(28-17)20(30)27-15-9-32-16-6-11(22)7-26-19(16)29(2)21(15)31/h3-8,15H,9H2,1-2H3,(H,27,30). The van der Waals surface area contributed by atoms with Crippen LogP contribution in [-0.2, 0) is 4.79 Å². The Balaban J connectivity index is 1.59. The number of ether oxygens (including phenoxy) is 1. The molecule has 0 bridgehead atoms. The summed E-state index contributed by atoms with van der Waals surface area (Å²) in [6, 6.07) is 4.19.